The van der Waals surface area contributed by atoms with Crippen LogP contribution in [0.2, 0.25) is 0 Å². The van der Waals surface area contributed by atoms with Gasteiger partial charge in [0.25, 0.3) is 0 Å². The van der Waals surface area contributed by atoms with Crippen molar-refractivity contribution in [1.29, 1.82) is 0 Å². The number of rotatable bonds is 7. The van der Waals surface area contributed by atoms with Crippen LogP contribution in [0, 0.1) is 6.92 Å². The number of oxazole rings is 1. The monoisotopic (exact) mass is 535 g/mol. The molecule has 2 aliphatic heterocycles. The first-order chi connectivity index (χ1) is 19.4. The molecule has 7 rings (SSSR count). The van der Waals surface area contributed by atoms with E-state index in [1.165, 1.54) is 18.9 Å². The van der Waals surface area contributed by atoms with Crippen molar-refractivity contribution >= 4 is 23.1 Å². The SMILES string of the molecule is Cc1cnc2ccc(-c3nc(C(=O)CCc4cccc(N5C[C@H]6C[C@@H]5CN6C)n4)c(N)nc3-c3ncco3)cn12. The predicted octanol–water partition coefficient (Wildman–Crippen LogP) is 3.44. The summed E-state index contributed by atoms with van der Waals surface area (Å²) in [5.41, 5.74) is 10.6. The first-order valence-electron chi connectivity index (χ1n) is 13.4. The van der Waals surface area contributed by atoms with E-state index >= 15 is 0 Å². The van der Waals surface area contributed by atoms with Crippen LogP contribution in [-0.2, 0) is 6.42 Å². The number of hydrogen-bond donors (Lipinski definition) is 1. The lowest BCUT2D eigenvalue weighted by molar-refractivity contribution is 0.0978. The van der Waals surface area contributed by atoms with Crippen molar-refractivity contribution in [3.8, 4) is 22.8 Å². The maximum Gasteiger partial charge on any atom is 0.247 e. The van der Waals surface area contributed by atoms with Crippen molar-refractivity contribution in [1.82, 2.24) is 34.2 Å². The summed E-state index contributed by atoms with van der Waals surface area (Å²) in [4.78, 5) is 41.1. The fraction of sp³-hybridized carbons (Fsp3) is 0.310. The van der Waals surface area contributed by atoms with E-state index in [2.05, 4.69) is 37.9 Å². The summed E-state index contributed by atoms with van der Waals surface area (Å²) in [5, 5.41) is 0. The van der Waals surface area contributed by atoms with Gasteiger partial charge in [-0.25, -0.2) is 24.9 Å². The fourth-order valence-corrected chi connectivity index (χ4v) is 5.86. The number of nitrogens with zero attached hydrogens (tertiary/aromatic N) is 8. The molecule has 2 bridgehead atoms. The molecule has 2 aliphatic rings. The molecule has 2 fully saturated rings. The molecule has 0 radical (unpaired) electrons. The minimum Gasteiger partial charge on any atom is -0.443 e. The third-order valence-corrected chi connectivity index (χ3v) is 7.99. The Labute approximate surface area is 230 Å². The van der Waals surface area contributed by atoms with Gasteiger partial charge >= 0.3 is 0 Å². The molecule has 11 heteroatoms. The molecule has 7 heterocycles. The van der Waals surface area contributed by atoms with Crippen LogP contribution in [-0.4, -0.2) is 72.2 Å². The molecule has 0 saturated carbocycles. The average molecular weight is 536 g/mol. The largest absolute Gasteiger partial charge is 0.443 e. The lowest BCUT2D eigenvalue weighted by atomic mass is 10.1. The van der Waals surface area contributed by atoms with Gasteiger partial charge in [-0.15, -0.1) is 0 Å². The Hall–Kier alpha value is -4.64. The maximum atomic E-state index is 13.4. The number of nitrogen functional groups attached to an aromatic ring is 1. The highest BCUT2D eigenvalue weighted by Crippen LogP contribution is 2.33. The van der Waals surface area contributed by atoms with Crippen LogP contribution >= 0.6 is 0 Å². The number of ketones is 1. The van der Waals surface area contributed by atoms with Crippen LogP contribution in [0.3, 0.4) is 0 Å². The van der Waals surface area contributed by atoms with Gasteiger partial charge in [0.1, 0.15) is 29.1 Å². The highest BCUT2D eigenvalue weighted by atomic mass is 16.3. The molecule has 5 aromatic heterocycles. The summed E-state index contributed by atoms with van der Waals surface area (Å²) in [7, 11) is 2.19. The number of pyridine rings is 2. The number of imidazole rings is 1. The summed E-state index contributed by atoms with van der Waals surface area (Å²) < 4.78 is 7.48. The Morgan fingerprint density at radius 3 is 2.75 bits per heavy atom. The Balaban J connectivity index is 1.17. The van der Waals surface area contributed by atoms with Crippen LogP contribution in [0.1, 0.15) is 34.7 Å². The smallest absolute Gasteiger partial charge is 0.247 e. The van der Waals surface area contributed by atoms with Gasteiger partial charge in [0, 0.05) is 60.9 Å². The normalized spacial score (nSPS) is 18.7. The van der Waals surface area contributed by atoms with Gasteiger partial charge in [0.05, 0.1) is 6.20 Å². The Morgan fingerprint density at radius 2 is 1.98 bits per heavy atom. The van der Waals surface area contributed by atoms with Crippen LogP contribution in [0.5, 0.6) is 0 Å². The molecule has 0 amide bonds. The molecule has 0 aliphatic carbocycles. The number of carbonyl (C=O) groups is 1. The van der Waals surface area contributed by atoms with Gasteiger partial charge in [0.15, 0.2) is 17.3 Å². The molecule has 11 nitrogen and oxygen atoms in total. The van der Waals surface area contributed by atoms with Gasteiger partial charge in [-0.1, -0.05) is 6.07 Å². The number of anilines is 2. The Morgan fingerprint density at radius 1 is 1.07 bits per heavy atom. The van der Waals surface area contributed by atoms with Crippen molar-refractivity contribution in [3.63, 3.8) is 0 Å². The second-order valence-corrected chi connectivity index (χ2v) is 10.6. The second-order valence-electron chi connectivity index (χ2n) is 10.6. The zero-order chi connectivity index (χ0) is 27.4. The number of likely N-dealkylation sites (N-methyl/N-ethyl adjacent to an activating group) is 1. The minimum atomic E-state index is -0.195. The Kier molecular flexibility index (Phi) is 5.81. The third-order valence-electron chi connectivity index (χ3n) is 7.99. The van der Waals surface area contributed by atoms with E-state index in [4.69, 9.17) is 20.1 Å². The summed E-state index contributed by atoms with van der Waals surface area (Å²) in [5.74, 6) is 1.10. The number of aromatic nitrogens is 6. The molecule has 40 heavy (non-hydrogen) atoms. The molecule has 5 aromatic rings. The lowest BCUT2D eigenvalue weighted by Gasteiger charge is -2.32. The van der Waals surface area contributed by atoms with Crippen molar-refractivity contribution in [3.05, 3.63) is 72.3 Å². The third kappa shape index (κ3) is 4.19. The highest BCUT2D eigenvalue weighted by molar-refractivity contribution is 5.99. The van der Waals surface area contributed by atoms with Crippen LogP contribution in [0.15, 0.2) is 59.6 Å². The van der Waals surface area contributed by atoms with Crippen LogP contribution in [0.4, 0.5) is 11.6 Å². The first kappa shape index (κ1) is 24.4. The molecule has 2 saturated heterocycles. The Bertz CT molecular complexity index is 1730. The van der Waals surface area contributed by atoms with Crippen molar-refractivity contribution in [2.75, 3.05) is 30.8 Å². The van der Waals surface area contributed by atoms with Gasteiger partial charge in [-0.2, -0.15) is 0 Å². The van der Waals surface area contributed by atoms with E-state index in [0.717, 1.165) is 41.5 Å². The predicted molar refractivity (Wildman–Crippen MR) is 150 cm³/mol. The fourth-order valence-electron chi connectivity index (χ4n) is 5.86. The number of carbonyl (C=O) groups excluding carboxylic acids is 1. The number of aryl methyl sites for hydroxylation is 2. The highest BCUT2D eigenvalue weighted by Gasteiger charge is 2.41. The zero-order valence-corrected chi connectivity index (χ0v) is 22.4. The quantitative estimate of drug-likeness (QED) is 0.309. The number of likely N-dealkylation sites (tertiary alicyclic amines) is 1. The van der Waals surface area contributed by atoms with Crippen molar-refractivity contribution < 1.29 is 9.21 Å². The molecular formula is C29H29N9O2. The van der Waals surface area contributed by atoms with E-state index in [9.17, 15) is 4.79 Å². The van der Waals surface area contributed by atoms with Crippen molar-refractivity contribution in [2.45, 2.75) is 38.3 Å². The molecule has 0 spiro atoms. The van der Waals surface area contributed by atoms with Crippen molar-refractivity contribution in [2.24, 2.45) is 0 Å². The second kappa shape index (κ2) is 9.53. The zero-order valence-electron chi connectivity index (χ0n) is 22.4. The molecule has 2 N–H and O–H groups in total. The standard InChI is InChI=1S/C29H29N9O2/c1-17-13-32-23-9-6-18(14-37(17)23)25-27(29-31-10-11-40-29)35-28(30)26(34-25)22(39)8-7-19-4-3-5-24(33-19)38-16-20-12-21(38)15-36(20)2/h3-6,9-11,13-14,20-21H,7-8,12,15-16H2,1-2H3,(H2,30,35)/t20-,21-/m1/s1. The molecule has 0 unspecified atom stereocenters. The van der Waals surface area contributed by atoms with Gasteiger partial charge in [0.2, 0.25) is 5.89 Å². The summed E-state index contributed by atoms with van der Waals surface area (Å²) in [6.07, 6.45) is 8.58. The van der Waals surface area contributed by atoms with Gasteiger partial charge in [-0.05, 0) is 51.1 Å². The number of hydrogen-bond acceptors (Lipinski definition) is 10. The maximum absolute atomic E-state index is 13.4. The lowest BCUT2D eigenvalue weighted by Crippen LogP contribution is -2.44. The average Bonchev–Trinajstić information content (AvgIpc) is 3.77. The number of piperazine rings is 1. The van der Waals surface area contributed by atoms with Crippen LogP contribution < -0.4 is 10.6 Å². The number of Topliss-reactive ketones (excluding diaryl/α,β-unsaturated/α-hetero) is 1. The summed E-state index contributed by atoms with van der Waals surface area (Å²) in [6.45, 7) is 4.02. The van der Waals surface area contributed by atoms with Crippen LogP contribution in [0.25, 0.3) is 28.5 Å². The molecule has 2 atom stereocenters. The van der Waals surface area contributed by atoms with Gasteiger partial charge in [-0.3, -0.25) is 9.69 Å². The molecule has 202 valence electrons. The van der Waals surface area contributed by atoms with E-state index in [0.29, 0.717) is 29.9 Å². The summed E-state index contributed by atoms with van der Waals surface area (Å²) in [6, 6.07) is 10.9. The first-order valence-corrected chi connectivity index (χ1v) is 13.4. The topological polar surface area (TPSA) is 132 Å². The molecular weight excluding hydrogens is 506 g/mol. The summed E-state index contributed by atoms with van der Waals surface area (Å²) >= 11 is 0. The van der Waals surface area contributed by atoms with E-state index < -0.39 is 0 Å². The van der Waals surface area contributed by atoms with Gasteiger partial charge < -0.3 is 19.5 Å². The molecule has 0 aromatic carbocycles. The minimum absolute atomic E-state index is 0.0424. The number of fused-ring (bicyclic) bond motifs is 3. The van der Waals surface area contributed by atoms with E-state index in [1.54, 1.807) is 6.20 Å². The van der Waals surface area contributed by atoms with E-state index in [-0.39, 0.29) is 29.6 Å². The van der Waals surface area contributed by atoms with E-state index in [1.807, 2.05) is 41.8 Å². The number of nitrogens with two attached hydrogens (primary N) is 1.